The molecule has 0 spiro atoms. The molecule has 13 heavy (non-hydrogen) atoms. The highest BCUT2D eigenvalue weighted by atomic mass is 32.2. The van der Waals surface area contributed by atoms with Crippen LogP contribution in [-0.4, -0.2) is 34.0 Å². The zero-order valence-electron chi connectivity index (χ0n) is 7.10. The van der Waals surface area contributed by atoms with Crippen LogP contribution in [0.5, 0.6) is 0 Å². The quantitative estimate of drug-likeness (QED) is 0.511. The topological polar surface area (TPSA) is 88.1 Å². The van der Waals surface area contributed by atoms with Crippen molar-refractivity contribution in [3.05, 3.63) is 0 Å². The third-order valence-electron chi connectivity index (χ3n) is 1.41. The number of hydrogen-bond donors (Lipinski definition) is 1. The summed E-state index contributed by atoms with van der Waals surface area (Å²) in [4.78, 5) is 11.2. The van der Waals surface area contributed by atoms with Crippen molar-refractivity contribution in [2.75, 3.05) is 12.0 Å². The molecule has 0 heterocycles. The smallest absolute Gasteiger partial charge is 0.328 e. The normalized spacial score (nSPS) is 11.0. The number of thioether (sulfide) groups is 1. The molecule has 0 aliphatic carbocycles. The van der Waals surface area contributed by atoms with Gasteiger partial charge in [0, 0.05) is 0 Å². The number of carboxylic acid groups (broad SMARTS) is 1. The van der Waals surface area contributed by atoms with Gasteiger partial charge in [-0.25, -0.2) is 9.69 Å². The molecule has 6 heteroatoms. The van der Waals surface area contributed by atoms with E-state index in [9.17, 15) is 4.79 Å². The van der Waals surface area contributed by atoms with Gasteiger partial charge in [-0.15, -0.1) is 0 Å². The Morgan fingerprint density at radius 3 is 2.46 bits per heavy atom. The maximum absolute atomic E-state index is 10.6. The Balaban J connectivity index is 4.35. The van der Waals surface area contributed by atoms with E-state index < -0.39 is 12.0 Å². The van der Waals surface area contributed by atoms with Gasteiger partial charge in [0.1, 0.15) is 0 Å². The van der Waals surface area contributed by atoms with E-state index in [1.165, 1.54) is 24.1 Å². The Hall–Kier alpha value is -1.40. The van der Waals surface area contributed by atoms with Crippen LogP contribution >= 0.6 is 11.8 Å². The second-order valence-corrected chi connectivity index (χ2v) is 3.19. The maximum atomic E-state index is 10.6. The molecule has 5 nitrogen and oxygen atoms in total. The van der Waals surface area contributed by atoms with E-state index in [1.54, 1.807) is 0 Å². The van der Waals surface area contributed by atoms with Crippen LogP contribution in [0.2, 0.25) is 0 Å². The van der Waals surface area contributed by atoms with Crippen molar-refractivity contribution in [2.45, 2.75) is 12.5 Å². The van der Waals surface area contributed by atoms with Gasteiger partial charge in [-0.1, -0.05) is 0 Å². The lowest BCUT2D eigenvalue weighted by atomic mass is 10.2. The van der Waals surface area contributed by atoms with Gasteiger partial charge in [-0.05, 0) is 18.4 Å². The zero-order chi connectivity index (χ0) is 10.3. The first kappa shape index (κ1) is 11.6. The molecular weight excluding hydrogens is 190 g/mol. The van der Waals surface area contributed by atoms with Gasteiger partial charge in [0.2, 0.25) is 0 Å². The fraction of sp³-hybridized carbons (Fsp3) is 0.571. The number of hydrogen-bond acceptors (Lipinski definition) is 5. The summed E-state index contributed by atoms with van der Waals surface area (Å²) in [7, 11) is 0. The van der Waals surface area contributed by atoms with Crippen molar-refractivity contribution in [3.8, 4) is 12.4 Å². The molecular formula is C7H9N3O2S. The van der Waals surface area contributed by atoms with Crippen LogP contribution in [-0.2, 0) is 4.79 Å². The van der Waals surface area contributed by atoms with Crippen molar-refractivity contribution in [2.24, 2.45) is 0 Å². The average molecular weight is 199 g/mol. The Labute approximate surface area is 80.6 Å². The van der Waals surface area contributed by atoms with Crippen LogP contribution in [0.3, 0.4) is 0 Å². The molecule has 1 atom stereocenters. The summed E-state index contributed by atoms with van der Waals surface area (Å²) in [6.07, 6.45) is 5.17. The molecule has 0 aromatic heterocycles. The summed E-state index contributed by atoms with van der Waals surface area (Å²) in [6, 6.07) is -1.03. The fourth-order valence-corrected chi connectivity index (χ4v) is 1.21. The molecule has 0 fully saturated rings. The van der Waals surface area contributed by atoms with Crippen LogP contribution in [0.25, 0.3) is 0 Å². The van der Waals surface area contributed by atoms with E-state index >= 15 is 0 Å². The van der Waals surface area contributed by atoms with Crippen molar-refractivity contribution in [1.82, 2.24) is 4.90 Å². The van der Waals surface area contributed by atoms with Gasteiger partial charge in [0.15, 0.2) is 18.4 Å². The Kier molecular flexibility index (Phi) is 5.49. The molecule has 1 N–H and O–H groups in total. The van der Waals surface area contributed by atoms with Crippen LogP contribution in [0.1, 0.15) is 6.42 Å². The second-order valence-electron chi connectivity index (χ2n) is 2.21. The minimum atomic E-state index is -1.14. The van der Waals surface area contributed by atoms with Gasteiger partial charge in [0.05, 0.1) is 0 Å². The van der Waals surface area contributed by atoms with Gasteiger partial charge < -0.3 is 5.11 Å². The largest absolute Gasteiger partial charge is 0.480 e. The summed E-state index contributed by atoms with van der Waals surface area (Å²) in [5.74, 6) is -0.534. The summed E-state index contributed by atoms with van der Waals surface area (Å²) in [5.41, 5.74) is 0. The first-order valence-electron chi connectivity index (χ1n) is 3.47. The van der Waals surface area contributed by atoms with E-state index in [2.05, 4.69) is 0 Å². The first-order valence-corrected chi connectivity index (χ1v) is 4.87. The Morgan fingerprint density at radius 1 is 1.62 bits per heavy atom. The molecule has 1 unspecified atom stereocenters. The third-order valence-corrected chi connectivity index (χ3v) is 2.05. The van der Waals surface area contributed by atoms with Crippen molar-refractivity contribution >= 4 is 17.7 Å². The lowest BCUT2D eigenvalue weighted by Crippen LogP contribution is -2.35. The van der Waals surface area contributed by atoms with Crippen LogP contribution < -0.4 is 0 Å². The van der Waals surface area contributed by atoms with Crippen LogP contribution in [0.15, 0.2) is 0 Å². The number of nitrogens with zero attached hydrogens (tertiary/aromatic N) is 3. The van der Waals surface area contributed by atoms with E-state index in [-0.39, 0.29) is 6.42 Å². The fourth-order valence-electron chi connectivity index (χ4n) is 0.754. The molecule has 0 bridgehead atoms. The highest BCUT2D eigenvalue weighted by molar-refractivity contribution is 7.98. The lowest BCUT2D eigenvalue weighted by Gasteiger charge is -2.14. The predicted molar refractivity (Wildman–Crippen MR) is 47.5 cm³/mol. The Bertz CT molecular complexity index is 241. The van der Waals surface area contributed by atoms with Gasteiger partial charge >= 0.3 is 5.97 Å². The predicted octanol–water partition coefficient (Wildman–Crippen LogP) is 0.457. The monoisotopic (exact) mass is 199 g/mol. The summed E-state index contributed by atoms with van der Waals surface area (Å²) < 4.78 is 0. The zero-order valence-corrected chi connectivity index (χ0v) is 7.91. The molecule has 0 rings (SSSR count). The third kappa shape index (κ3) is 3.68. The number of aliphatic carboxylic acids is 1. The van der Waals surface area contributed by atoms with Gasteiger partial charge in [-0.3, -0.25) is 0 Å². The first-order chi connectivity index (χ1) is 6.17. The molecule has 0 aromatic rings. The second kappa shape index (κ2) is 6.15. The minimum Gasteiger partial charge on any atom is -0.480 e. The maximum Gasteiger partial charge on any atom is 0.328 e. The molecule has 0 aliphatic heterocycles. The molecule has 0 saturated carbocycles. The highest BCUT2D eigenvalue weighted by Gasteiger charge is 2.24. The molecule has 0 radical (unpaired) electrons. The lowest BCUT2D eigenvalue weighted by molar-refractivity contribution is -0.141. The van der Waals surface area contributed by atoms with E-state index in [0.717, 1.165) is 0 Å². The highest BCUT2D eigenvalue weighted by Crippen LogP contribution is 2.06. The number of rotatable bonds is 5. The van der Waals surface area contributed by atoms with Crippen molar-refractivity contribution < 1.29 is 9.90 Å². The number of nitriles is 2. The molecule has 0 saturated heterocycles. The SMILES string of the molecule is CSCCC(C(=O)O)N(C#N)C#N. The van der Waals surface area contributed by atoms with Crippen molar-refractivity contribution in [3.63, 3.8) is 0 Å². The van der Waals surface area contributed by atoms with Crippen LogP contribution in [0, 0.1) is 22.9 Å². The minimum absolute atomic E-state index is 0.289. The van der Waals surface area contributed by atoms with E-state index in [0.29, 0.717) is 10.7 Å². The van der Waals surface area contributed by atoms with Crippen LogP contribution in [0.4, 0.5) is 0 Å². The number of carboxylic acids is 1. The van der Waals surface area contributed by atoms with E-state index in [4.69, 9.17) is 15.6 Å². The molecule has 70 valence electrons. The molecule has 0 aliphatic rings. The average Bonchev–Trinajstić information content (AvgIpc) is 2.11. The Morgan fingerprint density at radius 2 is 2.15 bits per heavy atom. The summed E-state index contributed by atoms with van der Waals surface area (Å²) in [5, 5.41) is 25.5. The molecule has 0 aromatic carbocycles. The number of carbonyl (C=O) groups is 1. The van der Waals surface area contributed by atoms with E-state index in [1.807, 2.05) is 6.26 Å². The molecule has 0 amide bonds. The summed E-state index contributed by atoms with van der Waals surface area (Å²) >= 11 is 1.48. The van der Waals surface area contributed by atoms with Crippen molar-refractivity contribution in [1.29, 1.82) is 10.5 Å². The van der Waals surface area contributed by atoms with Gasteiger partial charge in [0.25, 0.3) is 0 Å². The van der Waals surface area contributed by atoms with Gasteiger partial charge in [-0.2, -0.15) is 22.3 Å². The summed E-state index contributed by atoms with van der Waals surface area (Å²) in [6.45, 7) is 0. The standard InChI is InChI=1S/C7H9N3O2S/c1-13-3-2-6(7(11)12)10(4-8)5-9/h6H,2-3H2,1H3,(H,11,12).